The smallest absolute Gasteiger partial charge is 0.388 e. The molecule has 1 unspecified atom stereocenters. The molecule has 96 valence electrons. The van der Waals surface area contributed by atoms with Crippen LogP contribution in [-0.4, -0.2) is 15.8 Å². The summed E-state index contributed by atoms with van der Waals surface area (Å²) in [6.07, 6.45) is 0.364. The van der Waals surface area contributed by atoms with Crippen molar-refractivity contribution in [1.29, 1.82) is 0 Å². The van der Waals surface area contributed by atoms with E-state index < -0.39 is 18.7 Å². The van der Waals surface area contributed by atoms with Crippen molar-refractivity contribution in [3.05, 3.63) is 24.0 Å². The molecule has 1 saturated carbocycles. The molecule has 1 aromatic heterocycles. The third-order valence-electron chi connectivity index (χ3n) is 3.06. The third kappa shape index (κ3) is 3.77. The molecule has 0 aromatic carbocycles. The van der Waals surface area contributed by atoms with Crippen molar-refractivity contribution in [2.75, 3.05) is 0 Å². The Morgan fingerprint density at radius 1 is 1.41 bits per heavy atom. The number of nitrogens with zero attached hydrogens (tertiary/aromatic N) is 1. The number of hydrogen-bond donors (Lipinski definition) is 1. The summed E-state index contributed by atoms with van der Waals surface area (Å²) < 4.78 is 37.6. The molecule has 1 aliphatic rings. The SMILES string of the molecule is OC(c1ccn(CCCC(F)(F)F)c1)C1CC1. The highest BCUT2D eigenvalue weighted by molar-refractivity contribution is 5.16. The molecule has 0 bridgehead atoms. The van der Waals surface area contributed by atoms with Gasteiger partial charge in [-0.25, -0.2) is 0 Å². The van der Waals surface area contributed by atoms with Crippen molar-refractivity contribution in [3.63, 3.8) is 0 Å². The second kappa shape index (κ2) is 4.72. The number of aromatic nitrogens is 1. The molecule has 0 spiro atoms. The minimum atomic E-state index is -4.08. The maximum absolute atomic E-state index is 12.0. The quantitative estimate of drug-likeness (QED) is 0.848. The number of hydrogen-bond acceptors (Lipinski definition) is 1. The van der Waals surface area contributed by atoms with Crippen LogP contribution in [0.5, 0.6) is 0 Å². The lowest BCUT2D eigenvalue weighted by Crippen LogP contribution is -2.08. The fraction of sp³-hybridized carbons (Fsp3) is 0.667. The van der Waals surface area contributed by atoms with Gasteiger partial charge in [-0.15, -0.1) is 0 Å². The maximum Gasteiger partial charge on any atom is 0.389 e. The van der Waals surface area contributed by atoms with Crippen LogP contribution >= 0.6 is 0 Å². The van der Waals surface area contributed by atoms with Gasteiger partial charge in [-0.1, -0.05) is 0 Å². The molecule has 0 saturated heterocycles. The van der Waals surface area contributed by atoms with E-state index in [-0.39, 0.29) is 6.42 Å². The monoisotopic (exact) mass is 247 g/mol. The van der Waals surface area contributed by atoms with E-state index in [1.807, 2.05) is 0 Å². The highest BCUT2D eigenvalue weighted by atomic mass is 19.4. The normalized spacial score (nSPS) is 18.4. The van der Waals surface area contributed by atoms with Crippen LogP contribution in [0.2, 0.25) is 0 Å². The summed E-state index contributed by atoms with van der Waals surface area (Å²) in [7, 11) is 0. The summed E-state index contributed by atoms with van der Waals surface area (Å²) in [4.78, 5) is 0. The second-order valence-corrected chi connectivity index (χ2v) is 4.68. The lowest BCUT2D eigenvalue weighted by molar-refractivity contribution is -0.135. The minimum absolute atomic E-state index is 0.0805. The van der Waals surface area contributed by atoms with E-state index in [0.717, 1.165) is 18.4 Å². The average Bonchev–Trinajstić information content (AvgIpc) is 2.96. The molecule has 1 heterocycles. The van der Waals surface area contributed by atoms with E-state index in [1.165, 1.54) is 0 Å². The first-order valence-corrected chi connectivity index (χ1v) is 5.86. The summed E-state index contributed by atoms with van der Waals surface area (Å²) in [6.45, 7) is 0.344. The Hall–Kier alpha value is -0.970. The van der Waals surface area contributed by atoms with Gasteiger partial charge in [0.1, 0.15) is 0 Å². The third-order valence-corrected chi connectivity index (χ3v) is 3.06. The second-order valence-electron chi connectivity index (χ2n) is 4.68. The minimum Gasteiger partial charge on any atom is -0.388 e. The lowest BCUT2D eigenvalue weighted by Gasteiger charge is -2.07. The van der Waals surface area contributed by atoms with Gasteiger partial charge in [-0.2, -0.15) is 13.2 Å². The Bertz CT molecular complexity index is 368. The Labute approximate surface area is 98.1 Å². The maximum atomic E-state index is 12.0. The molecule has 2 rings (SSSR count). The molecule has 5 heteroatoms. The highest BCUT2D eigenvalue weighted by Gasteiger charge is 2.31. The summed E-state index contributed by atoms with van der Waals surface area (Å²) >= 11 is 0. The average molecular weight is 247 g/mol. The molecule has 17 heavy (non-hydrogen) atoms. The van der Waals surface area contributed by atoms with Crippen LogP contribution < -0.4 is 0 Å². The Kier molecular flexibility index (Phi) is 3.47. The predicted molar refractivity (Wildman–Crippen MR) is 57.4 cm³/mol. The first kappa shape index (κ1) is 12.5. The number of rotatable bonds is 5. The molecule has 2 nitrogen and oxygen atoms in total. The van der Waals surface area contributed by atoms with Gasteiger partial charge in [-0.05, 0) is 36.8 Å². The predicted octanol–water partition coefficient (Wildman–Crippen LogP) is 3.27. The molecule has 1 atom stereocenters. The van der Waals surface area contributed by atoms with E-state index in [1.54, 1.807) is 23.0 Å². The molecule has 0 radical (unpaired) electrons. The zero-order valence-electron chi connectivity index (χ0n) is 9.45. The van der Waals surface area contributed by atoms with Gasteiger partial charge in [0.2, 0.25) is 0 Å². The van der Waals surface area contributed by atoms with Crippen LogP contribution in [0.15, 0.2) is 18.5 Å². The standard InChI is InChI=1S/C12H16F3NO/c13-12(14,15)5-1-6-16-7-4-10(8-16)11(17)9-2-3-9/h4,7-9,11,17H,1-3,5-6H2. The first-order chi connectivity index (χ1) is 7.96. The van der Waals surface area contributed by atoms with Crippen molar-refractivity contribution >= 4 is 0 Å². The summed E-state index contributed by atoms with van der Waals surface area (Å²) in [5.41, 5.74) is 0.819. The molecule has 1 fully saturated rings. The van der Waals surface area contributed by atoms with E-state index in [0.29, 0.717) is 12.5 Å². The lowest BCUT2D eigenvalue weighted by atomic mass is 10.1. The molecule has 1 aliphatic carbocycles. The molecule has 1 N–H and O–H groups in total. The van der Waals surface area contributed by atoms with Gasteiger partial charge >= 0.3 is 6.18 Å². The van der Waals surface area contributed by atoms with Crippen molar-refractivity contribution in [2.45, 2.75) is 44.5 Å². The molecule has 0 amide bonds. The largest absolute Gasteiger partial charge is 0.389 e. The molecular formula is C12H16F3NO. The summed E-state index contributed by atoms with van der Waals surface area (Å²) in [6, 6.07) is 1.79. The van der Waals surface area contributed by atoms with Crippen LogP contribution in [0, 0.1) is 5.92 Å². The number of halogens is 3. The van der Waals surface area contributed by atoms with Gasteiger partial charge in [0.25, 0.3) is 0 Å². The first-order valence-electron chi connectivity index (χ1n) is 5.86. The Morgan fingerprint density at radius 2 is 2.12 bits per heavy atom. The summed E-state index contributed by atoms with van der Waals surface area (Å²) in [5.74, 6) is 0.348. The number of aliphatic hydroxyl groups is 1. The Balaban J connectivity index is 1.81. The zero-order chi connectivity index (χ0) is 12.5. The highest BCUT2D eigenvalue weighted by Crippen LogP contribution is 2.40. The fourth-order valence-corrected chi connectivity index (χ4v) is 1.92. The fourth-order valence-electron chi connectivity index (χ4n) is 1.92. The van der Waals surface area contributed by atoms with E-state index >= 15 is 0 Å². The van der Waals surface area contributed by atoms with Gasteiger partial charge < -0.3 is 9.67 Å². The van der Waals surface area contributed by atoms with Crippen molar-refractivity contribution in [1.82, 2.24) is 4.57 Å². The molecular weight excluding hydrogens is 231 g/mol. The van der Waals surface area contributed by atoms with Crippen molar-refractivity contribution in [2.24, 2.45) is 5.92 Å². The van der Waals surface area contributed by atoms with Crippen LogP contribution in [0.1, 0.15) is 37.4 Å². The number of aliphatic hydroxyl groups excluding tert-OH is 1. The van der Waals surface area contributed by atoms with E-state index in [2.05, 4.69) is 0 Å². The van der Waals surface area contributed by atoms with Crippen LogP contribution in [0.3, 0.4) is 0 Å². The Morgan fingerprint density at radius 3 is 2.71 bits per heavy atom. The zero-order valence-corrected chi connectivity index (χ0v) is 9.45. The van der Waals surface area contributed by atoms with Crippen LogP contribution in [-0.2, 0) is 6.54 Å². The van der Waals surface area contributed by atoms with E-state index in [4.69, 9.17) is 0 Å². The molecule has 0 aliphatic heterocycles. The molecule has 1 aromatic rings. The topological polar surface area (TPSA) is 25.2 Å². The van der Waals surface area contributed by atoms with Crippen LogP contribution in [0.25, 0.3) is 0 Å². The van der Waals surface area contributed by atoms with E-state index in [9.17, 15) is 18.3 Å². The summed E-state index contributed by atoms with van der Waals surface area (Å²) in [5, 5.41) is 9.83. The number of alkyl halides is 3. The van der Waals surface area contributed by atoms with Crippen molar-refractivity contribution < 1.29 is 18.3 Å². The van der Waals surface area contributed by atoms with Gasteiger partial charge in [-0.3, -0.25) is 0 Å². The van der Waals surface area contributed by atoms with Gasteiger partial charge in [0.15, 0.2) is 0 Å². The van der Waals surface area contributed by atoms with Crippen molar-refractivity contribution in [3.8, 4) is 0 Å². The number of aryl methyl sites for hydroxylation is 1. The van der Waals surface area contributed by atoms with Crippen LogP contribution in [0.4, 0.5) is 13.2 Å². The van der Waals surface area contributed by atoms with Gasteiger partial charge in [0, 0.05) is 25.4 Å². The van der Waals surface area contributed by atoms with Gasteiger partial charge in [0.05, 0.1) is 6.10 Å².